The minimum absolute atomic E-state index is 0. The van der Waals surface area contributed by atoms with Crippen molar-refractivity contribution in [1.82, 2.24) is 15.6 Å². The lowest BCUT2D eigenvalue weighted by Crippen LogP contribution is -2.38. The Hall–Kier alpha value is -1.24. The van der Waals surface area contributed by atoms with Crippen molar-refractivity contribution in [3.05, 3.63) is 52.1 Å². The number of likely N-dealkylation sites (N-methyl/N-ethyl adjacent to an activating group) is 1. The molecule has 0 saturated heterocycles. The number of benzene rings is 1. The van der Waals surface area contributed by atoms with Crippen LogP contribution in [0.5, 0.6) is 11.6 Å². The highest BCUT2D eigenvalue weighted by Gasteiger charge is 2.16. The third kappa shape index (κ3) is 7.17. The number of aromatic nitrogens is 1. The molecule has 0 aliphatic heterocycles. The highest BCUT2D eigenvalue weighted by molar-refractivity contribution is 6.35. The predicted molar refractivity (Wildman–Crippen MR) is 111 cm³/mol. The fourth-order valence-corrected chi connectivity index (χ4v) is 2.52. The molecule has 2 rings (SSSR count). The average molecular weight is 441 g/mol. The normalized spacial score (nSPS) is 10.9. The standard InChI is InChI=1S/C17H19Cl2N3O2.2ClH/c1-3-20-11(2)10-22-16(23)13-5-4-8-21-17(13)24-15-7-6-12(18)9-14(15)19;;/h4-9,11,20H,3,10H2,1-2H3,(H,22,23);2*1H/t11-;;/m1../s1. The van der Waals surface area contributed by atoms with E-state index >= 15 is 0 Å². The molecule has 0 fully saturated rings. The molecule has 9 heteroatoms. The van der Waals surface area contributed by atoms with Crippen LogP contribution in [0.25, 0.3) is 0 Å². The summed E-state index contributed by atoms with van der Waals surface area (Å²) in [6.45, 7) is 5.36. The van der Waals surface area contributed by atoms with E-state index in [1.165, 1.54) is 0 Å². The van der Waals surface area contributed by atoms with Gasteiger partial charge in [-0.2, -0.15) is 0 Å². The smallest absolute Gasteiger partial charge is 0.256 e. The quantitative estimate of drug-likeness (QED) is 0.651. The van der Waals surface area contributed by atoms with Crippen molar-refractivity contribution in [2.24, 2.45) is 0 Å². The van der Waals surface area contributed by atoms with Crippen molar-refractivity contribution in [2.75, 3.05) is 13.1 Å². The average Bonchev–Trinajstić information content (AvgIpc) is 2.56. The van der Waals surface area contributed by atoms with E-state index in [9.17, 15) is 4.79 Å². The van der Waals surface area contributed by atoms with Gasteiger partial charge in [0.15, 0.2) is 0 Å². The largest absolute Gasteiger partial charge is 0.437 e. The van der Waals surface area contributed by atoms with Crippen LogP contribution in [-0.4, -0.2) is 30.0 Å². The second-order valence-electron chi connectivity index (χ2n) is 5.20. The molecule has 0 spiro atoms. The maximum Gasteiger partial charge on any atom is 0.256 e. The van der Waals surface area contributed by atoms with Crippen molar-refractivity contribution < 1.29 is 9.53 Å². The van der Waals surface area contributed by atoms with Gasteiger partial charge in [0.25, 0.3) is 5.91 Å². The zero-order valence-electron chi connectivity index (χ0n) is 14.3. The lowest BCUT2D eigenvalue weighted by atomic mass is 10.2. The van der Waals surface area contributed by atoms with Crippen molar-refractivity contribution in [1.29, 1.82) is 0 Å². The topological polar surface area (TPSA) is 63.2 Å². The second kappa shape index (κ2) is 12.2. The second-order valence-corrected chi connectivity index (χ2v) is 6.05. The molecule has 0 saturated carbocycles. The summed E-state index contributed by atoms with van der Waals surface area (Å²) in [5.41, 5.74) is 0.340. The van der Waals surface area contributed by atoms with Gasteiger partial charge in [0.2, 0.25) is 5.88 Å². The molecule has 1 atom stereocenters. The number of pyridine rings is 1. The third-order valence-corrected chi connectivity index (χ3v) is 3.77. The molecule has 2 N–H and O–H groups in total. The highest BCUT2D eigenvalue weighted by atomic mass is 35.5. The summed E-state index contributed by atoms with van der Waals surface area (Å²) in [5.74, 6) is 0.318. The van der Waals surface area contributed by atoms with E-state index in [1.807, 2.05) is 13.8 Å². The minimum atomic E-state index is -0.257. The first-order valence-electron chi connectivity index (χ1n) is 7.60. The molecule has 5 nitrogen and oxygen atoms in total. The number of carbonyl (C=O) groups excluding carboxylic acids is 1. The van der Waals surface area contributed by atoms with E-state index < -0.39 is 0 Å². The SMILES string of the molecule is CCN[C@H](C)CNC(=O)c1cccnc1Oc1ccc(Cl)cc1Cl.Cl.Cl. The van der Waals surface area contributed by atoms with E-state index in [0.717, 1.165) is 6.54 Å². The molecule has 144 valence electrons. The molecule has 0 radical (unpaired) electrons. The number of hydrogen-bond donors (Lipinski definition) is 2. The first-order chi connectivity index (χ1) is 11.5. The summed E-state index contributed by atoms with van der Waals surface area (Å²) in [7, 11) is 0. The number of nitrogens with zero attached hydrogens (tertiary/aromatic N) is 1. The van der Waals surface area contributed by atoms with Crippen LogP contribution in [0.2, 0.25) is 10.0 Å². The van der Waals surface area contributed by atoms with Crippen molar-refractivity contribution in [2.45, 2.75) is 19.9 Å². The molecule has 1 aromatic carbocycles. The molecule has 0 bridgehead atoms. The number of amides is 1. The van der Waals surface area contributed by atoms with Gasteiger partial charge in [-0.05, 0) is 43.8 Å². The lowest BCUT2D eigenvalue weighted by molar-refractivity contribution is 0.0947. The molecule has 0 aliphatic carbocycles. The van der Waals surface area contributed by atoms with Crippen molar-refractivity contribution >= 4 is 53.9 Å². The van der Waals surface area contributed by atoms with Crippen LogP contribution < -0.4 is 15.4 Å². The van der Waals surface area contributed by atoms with Gasteiger partial charge in [-0.15, -0.1) is 24.8 Å². The van der Waals surface area contributed by atoms with Gasteiger partial charge in [0, 0.05) is 23.8 Å². The maximum atomic E-state index is 12.4. The van der Waals surface area contributed by atoms with Crippen LogP contribution in [0.1, 0.15) is 24.2 Å². The zero-order chi connectivity index (χ0) is 17.5. The summed E-state index contributed by atoms with van der Waals surface area (Å²) >= 11 is 12.0. The molecule has 1 amide bonds. The Morgan fingerprint density at radius 1 is 1.27 bits per heavy atom. The minimum Gasteiger partial charge on any atom is -0.437 e. The first-order valence-corrected chi connectivity index (χ1v) is 8.36. The molecule has 2 aromatic rings. The highest BCUT2D eigenvalue weighted by Crippen LogP contribution is 2.31. The van der Waals surface area contributed by atoms with Gasteiger partial charge < -0.3 is 15.4 Å². The van der Waals surface area contributed by atoms with Crippen LogP contribution >= 0.6 is 48.0 Å². The van der Waals surface area contributed by atoms with Crippen LogP contribution in [-0.2, 0) is 0 Å². The van der Waals surface area contributed by atoms with Crippen LogP contribution in [0.15, 0.2) is 36.5 Å². The number of hydrogen-bond acceptors (Lipinski definition) is 4. The molecular weight excluding hydrogens is 420 g/mol. The van der Waals surface area contributed by atoms with Gasteiger partial charge in [0.1, 0.15) is 11.3 Å². The first kappa shape index (κ1) is 24.8. The van der Waals surface area contributed by atoms with Crippen LogP contribution in [0.4, 0.5) is 0 Å². The Bertz CT molecular complexity index is 716. The van der Waals surface area contributed by atoms with Crippen molar-refractivity contribution in [3.8, 4) is 11.6 Å². The van der Waals surface area contributed by atoms with Gasteiger partial charge in [-0.1, -0.05) is 30.1 Å². The van der Waals surface area contributed by atoms with E-state index in [4.69, 9.17) is 27.9 Å². The fourth-order valence-electron chi connectivity index (χ4n) is 2.07. The molecule has 26 heavy (non-hydrogen) atoms. The Morgan fingerprint density at radius 2 is 2.00 bits per heavy atom. The number of halogens is 4. The summed E-state index contributed by atoms with van der Waals surface area (Å²) in [5, 5.41) is 6.94. The van der Waals surface area contributed by atoms with E-state index in [0.29, 0.717) is 27.9 Å². The van der Waals surface area contributed by atoms with Crippen molar-refractivity contribution in [3.63, 3.8) is 0 Å². The summed E-state index contributed by atoms with van der Waals surface area (Å²) in [4.78, 5) is 16.5. The molecule has 0 unspecified atom stereocenters. The summed E-state index contributed by atoms with van der Waals surface area (Å²) < 4.78 is 5.69. The lowest BCUT2D eigenvalue weighted by Gasteiger charge is -2.14. The molecular formula is C17H21Cl4N3O2. The Labute approximate surface area is 175 Å². The van der Waals surface area contributed by atoms with Crippen LogP contribution in [0, 0.1) is 0 Å². The number of rotatable bonds is 7. The Kier molecular flexibility index (Phi) is 11.6. The van der Waals surface area contributed by atoms with Gasteiger partial charge >= 0.3 is 0 Å². The Balaban J connectivity index is 0.00000312. The summed E-state index contributed by atoms with van der Waals surface area (Å²) in [6.07, 6.45) is 1.55. The van der Waals surface area contributed by atoms with E-state index in [2.05, 4.69) is 15.6 Å². The monoisotopic (exact) mass is 439 g/mol. The fraction of sp³-hybridized carbons (Fsp3) is 0.294. The van der Waals surface area contributed by atoms with E-state index in [-0.39, 0.29) is 42.6 Å². The number of carbonyl (C=O) groups is 1. The van der Waals surface area contributed by atoms with E-state index in [1.54, 1.807) is 36.5 Å². The number of nitrogens with one attached hydrogen (secondary N) is 2. The Morgan fingerprint density at radius 3 is 2.65 bits per heavy atom. The molecule has 0 aliphatic rings. The molecule has 1 heterocycles. The zero-order valence-corrected chi connectivity index (χ0v) is 17.4. The third-order valence-electron chi connectivity index (χ3n) is 3.24. The predicted octanol–water partition coefficient (Wildman–Crippen LogP) is 4.75. The van der Waals surface area contributed by atoms with Gasteiger partial charge in [-0.3, -0.25) is 4.79 Å². The molecule has 1 aromatic heterocycles. The summed E-state index contributed by atoms with van der Waals surface area (Å²) in [6, 6.07) is 8.36. The van der Waals surface area contributed by atoms with Gasteiger partial charge in [0.05, 0.1) is 5.02 Å². The maximum absolute atomic E-state index is 12.4. The number of ether oxygens (including phenoxy) is 1. The van der Waals surface area contributed by atoms with Gasteiger partial charge in [-0.25, -0.2) is 4.98 Å². The van der Waals surface area contributed by atoms with Crippen LogP contribution in [0.3, 0.4) is 0 Å².